The molecule has 0 aliphatic carbocycles. The quantitative estimate of drug-likeness (QED) is 0.876. The van der Waals surface area contributed by atoms with Gasteiger partial charge in [-0.15, -0.1) is 11.3 Å². The van der Waals surface area contributed by atoms with Crippen molar-refractivity contribution in [2.45, 2.75) is 20.4 Å². The average Bonchev–Trinajstić information content (AvgIpc) is 2.72. The molecular formula is C11H12N4O2S. The highest BCUT2D eigenvalue weighted by molar-refractivity contribution is 7.09. The first-order valence-electron chi connectivity index (χ1n) is 5.28. The van der Waals surface area contributed by atoms with Gasteiger partial charge < -0.3 is 10.4 Å². The van der Waals surface area contributed by atoms with E-state index in [1.165, 1.54) is 6.20 Å². The van der Waals surface area contributed by atoms with E-state index in [4.69, 9.17) is 5.11 Å². The molecule has 0 saturated carbocycles. The van der Waals surface area contributed by atoms with Gasteiger partial charge >= 0.3 is 5.97 Å². The van der Waals surface area contributed by atoms with Crippen molar-refractivity contribution < 1.29 is 9.90 Å². The fourth-order valence-corrected chi connectivity index (χ4v) is 2.03. The first kappa shape index (κ1) is 12.4. The van der Waals surface area contributed by atoms with Gasteiger partial charge in [-0.05, 0) is 13.8 Å². The summed E-state index contributed by atoms with van der Waals surface area (Å²) < 4.78 is 0. The molecule has 7 heteroatoms. The highest BCUT2D eigenvalue weighted by Gasteiger charge is 2.09. The maximum atomic E-state index is 10.8. The van der Waals surface area contributed by atoms with Crippen LogP contribution in [-0.4, -0.2) is 26.0 Å². The van der Waals surface area contributed by atoms with Crippen LogP contribution in [0.3, 0.4) is 0 Å². The third kappa shape index (κ3) is 2.80. The molecule has 0 amide bonds. The largest absolute Gasteiger partial charge is 0.478 e. The molecule has 0 spiro atoms. The number of anilines is 1. The highest BCUT2D eigenvalue weighted by atomic mass is 32.1. The molecule has 0 bridgehead atoms. The Morgan fingerprint density at radius 3 is 2.78 bits per heavy atom. The minimum absolute atomic E-state index is 0.116. The van der Waals surface area contributed by atoms with Crippen molar-refractivity contribution in [1.29, 1.82) is 0 Å². The van der Waals surface area contributed by atoms with Crippen molar-refractivity contribution in [3.63, 3.8) is 0 Å². The van der Waals surface area contributed by atoms with Crippen LogP contribution in [0, 0.1) is 13.8 Å². The minimum atomic E-state index is -1.02. The molecule has 18 heavy (non-hydrogen) atoms. The summed E-state index contributed by atoms with van der Waals surface area (Å²) in [7, 11) is 0. The van der Waals surface area contributed by atoms with E-state index in [9.17, 15) is 4.79 Å². The fourth-order valence-electron chi connectivity index (χ4n) is 1.42. The van der Waals surface area contributed by atoms with Gasteiger partial charge in [0.15, 0.2) is 0 Å². The molecule has 0 aromatic carbocycles. The van der Waals surface area contributed by atoms with Crippen LogP contribution >= 0.6 is 11.3 Å². The number of nitrogens with zero attached hydrogens (tertiary/aromatic N) is 3. The lowest BCUT2D eigenvalue weighted by molar-refractivity contribution is 0.0695. The molecule has 2 heterocycles. The van der Waals surface area contributed by atoms with Crippen molar-refractivity contribution in [3.8, 4) is 0 Å². The molecule has 0 saturated heterocycles. The van der Waals surface area contributed by atoms with E-state index in [1.807, 2.05) is 12.3 Å². The van der Waals surface area contributed by atoms with E-state index in [1.54, 1.807) is 18.3 Å². The number of hydrogen-bond donors (Lipinski definition) is 2. The number of carboxylic acids is 1. The van der Waals surface area contributed by atoms with Crippen molar-refractivity contribution >= 4 is 23.3 Å². The van der Waals surface area contributed by atoms with Crippen LogP contribution < -0.4 is 5.32 Å². The number of carboxylic acid groups (broad SMARTS) is 1. The zero-order chi connectivity index (χ0) is 13.1. The second-order valence-corrected chi connectivity index (χ2v) is 4.77. The summed E-state index contributed by atoms with van der Waals surface area (Å²) in [5.74, 6) is -0.614. The number of rotatable bonds is 4. The van der Waals surface area contributed by atoms with Gasteiger partial charge in [0.1, 0.15) is 0 Å². The summed E-state index contributed by atoms with van der Waals surface area (Å²) in [5.41, 5.74) is 1.47. The maximum absolute atomic E-state index is 10.8. The van der Waals surface area contributed by atoms with Crippen LogP contribution in [0.15, 0.2) is 11.6 Å². The summed E-state index contributed by atoms with van der Waals surface area (Å²) in [5, 5.41) is 14.8. The van der Waals surface area contributed by atoms with Crippen molar-refractivity contribution in [2.24, 2.45) is 0 Å². The number of thiazole rings is 1. The molecule has 0 fully saturated rings. The topological polar surface area (TPSA) is 88.0 Å². The van der Waals surface area contributed by atoms with Crippen LogP contribution in [0.25, 0.3) is 0 Å². The third-order valence-electron chi connectivity index (χ3n) is 2.30. The molecule has 6 nitrogen and oxygen atoms in total. The molecule has 0 aliphatic rings. The van der Waals surface area contributed by atoms with Gasteiger partial charge in [-0.25, -0.2) is 19.7 Å². The van der Waals surface area contributed by atoms with E-state index < -0.39 is 5.97 Å². The van der Waals surface area contributed by atoms with Crippen LogP contribution in [-0.2, 0) is 6.54 Å². The number of nitrogens with one attached hydrogen (secondary N) is 1. The van der Waals surface area contributed by atoms with E-state index in [0.717, 1.165) is 10.7 Å². The van der Waals surface area contributed by atoms with Gasteiger partial charge in [0.25, 0.3) is 0 Å². The lowest BCUT2D eigenvalue weighted by Gasteiger charge is -2.05. The predicted octanol–water partition coefficient (Wildman–Crippen LogP) is 1.86. The smallest absolute Gasteiger partial charge is 0.339 e. The van der Waals surface area contributed by atoms with Gasteiger partial charge in [-0.1, -0.05) is 0 Å². The van der Waals surface area contributed by atoms with E-state index >= 15 is 0 Å². The Kier molecular flexibility index (Phi) is 3.52. The molecule has 0 unspecified atom stereocenters. The Balaban J connectivity index is 2.06. The van der Waals surface area contributed by atoms with Crippen LogP contribution in [0.2, 0.25) is 0 Å². The zero-order valence-electron chi connectivity index (χ0n) is 9.97. The van der Waals surface area contributed by atoms with Crippen LogP contribution in [0.1, 0.15) is 26.8 Å². The monoisotopic (exact) mass is 264 g/mol. The Labute approximate surface area is 108 Å². The Morgan fingerprint density at radius 1 is 1.44 bits per heavy atom. The molecule has 0 atom stereocenters. The maximum Gasteiger partial charge on any atom is 0.339 e. The van der Waals surface area contributed by atoms with Gasteiger partial charge in [-0.2, -0.15) is 0 Å². The Hall–Kier alpha value is -2.02. The first-order valence-corrected chi connectivity index (χ1v) is 6.16. The van der Waals surface area contributed by atoms with Gasteiger partial charge in [-0.3, -0.25) is 0 Å². The second-order valence-electron chi connectivity index (χ2n) is 3.71. The van der Waals surface area contributed by atoms with Gasteiger partial charge in [0.2, 0.25) is 5.95 Å². The third-order valence-corrected chi connectivity index (χ3v) is 3.13. The Bertz CT molecular complexity index is 582. The number of aromatic carboxylic acids is 1. The molecule has 0 radical (unpaired) electrons. The first-order chi connectivity index (χ1) is 8.56. The summed E-state index contributed by atoms with van der Waals surface area (Å²) in [6.45, 7) is 4.11. The van der Waals surface area contributed by atoms with E-state index in [2.05, 4.69) is 20.3 Å². The van der Waals surface area contributed by atoms with Crippen molar-refractivity contribution in [3.05, 3.63) is 33.5 Å². The van der Waals surface area contributed by atoms with Crippen LogP contribution in [0.5, 0.6) is 0 Å². The molecule has 0 aliphatic heterocycles. The average molecular weight is 264 g/mol. The Morgan fingerprint density at radius 2 is 2.22 bits per heavy atom. The SMILES string of the molecule is Cc1nc(CNc2ncc(C(=O)O)c(C)n2)cs1. The fraction of sp³-hybridized carbons (Fsp3) is 0.273. The van der Waals surface area contributed by atoms with Gasteiger partial charge in [0.05, 0.1) is 28.5 Å². The minimum Gasteiger partial charge on any atom is -0.478 e. The number of hydrogen-bond acceptors (Lipinski definition) is 6. The molecule has 2 aromatic rings. The summed E-state index contributed by atoms with van der Waals surface area (Å²) in [4.78, 5) is 23.2. The van der Waals surface area contributed by atoms with Crippen molar-refractivity contribution in [2.75, 3.05) is 5.32 Å². The van der Waals surface area contributed by atoms with E-state index in [0.29, 0.717) is 18.2 Å². The standard InChI is InChI=1S/C11H12N4O2S/c1-6-9(10(16)17)4-13-11(14-6)12-3-8-5-18-7(2)15-8/h4-5H,3H2,1-2H3,(H,16,17)(H,12,13,14). The molecule has 94 valence electrons. The van der Waals surface area contributed by atoms with Crippen LogP contribution in [0.4, 0.5) is 5.95 Å². The zero-order valence-corrected chi connectivity index (χ0v) is 10.8. The second kappa shape index (κ2) is 5.09. The summed E-state index contributed by atoms with van der Waals surface area (Å²) in [6.07, 6.45) is 1.30. The lowest BCUT2D eigenvalue weighted by Crippen LogP contribution is -2.08. The molecule has 2 rings (SSSR count). The number of aromatic nitrogens is 3. The number of aryl methyl sites for hydroxylation is 2. The molecule has 2 aromatic heterocycles. The summed E-state index contributed by atoms with van der Waals surface area (Å²) >= 11 is 1.58. The normalized spacial score (nSPS) is 10.3. The van der Waals surface area contributed by atoms with Gasteiger partial charge in [0, 0.05) is 11.6 Å². The number of carbonyl (C=O) groups is 1. The molecular weight excluding hydrogens is 252 g/mol. The predicted molar refractivity (Wildman–Crippen MR) is 67.9 cm³/mol. The molecule has 2 N–H and O–H groups in total. The lowest BCUT2D eigenvalue weighted by atomic mass is 10.2. The van der Waals surface area contributed by atoms with Crippen molar-refractivity contribution in [1.82, 2.24) is 15.0 Å². The summed E-state index contributed by atoms with van der Waals surface area (Å²) in [6, 6.07) is 0. The van der Waals surface area contributed by atoms with E-state index in [-0.39, 0.29) is 5.56 Å². The highest BCUT2D eigenvalue weighted by Crippen LogP contribution is 2.11.